The van der Waals surface area contributed by atoms with E-state index in [9.17, 15) is 19.2 Å². The van der Waals surface area contributed by atoms with Crippen LogP contribution < -0.4 is 25.2 Å². The molecule has 1 unspecified atom stereocenters. The second-order valence-corrected chi connectivity index (χ2v) is 23.7. The number of hydrogen-bond acceptors (Lipinski definition) is 13. The number of anilines is 3. The van der Waals surface area contributed by atoms with Crippen molar-refractivity contribution in [1.82, 2.24) is 30.0 Å². The van der Waals surface area contributed by atoms with Crippen LogP contribution in [-0.4, -0.2) is 99.3 Å². The Kier molecular flexibility index (Phi) is 15.4. The number of para-hydroxylation sites is 1. The molecule has 80 heavy (non-hydrogen) atoms. The van der Waals surface area contributed by atoms with Gasteiger partial charge in [-0.15, -0.1) is 0 Å². The number of imide groups is 1. The second-order valence-electron chi connectivity index (χ2n) is 22.6. The second kappa shape index (κ2) is 22.6. The summed E-state index contributed by atoms with van der Waals surface area (Å²) in [5.74, 6) is -1.09. The zero-order valence-electron chi connectivity index (χ0n) is 45.5. The molecular formula is C61H66F3N9O6S. The van der Waals surface area contributed by atoms with Gasteiger partial charge in [-0.1, -0.05) is 54.5 Å². The van der Waals surface area contributed by atoms with Crippen molar-refractivity contribution in [2.24, 2.45) is 13.0 Å². The summed E-state index contributed by atoms with van der Waals surface area (Å²) in [5.41, 5.74) is 3.49. The number of nitrogens with one attached hydrogen (secondary N) is 2. The number of unbranched alkanes of at least 4 members (excludes halogenated alkanes) is 1. The minimum absolute atomic E-state index is 0.0125. The van der Waals surface area contributed by atoms with E-state index in [1.54, 1.807) is 39.0 Å². The van der Waals surface area contributed by atoms with Crippen molar-refractivity contribution in [3.8, 4) is 16.9 Å². The summed E-state index contributed by atoms with van der Waals surface area (Å²) >= 11 is 1.39. The molecule has 1 atom stereocenters. The molecule has 418 valence electrons. The van der Waals surface area contributed by atoms with E-state index in [4.69, 9.17) is 19.6 Å². The minimum Gasteiger partial charge on any atom is -0.490 e. The Labute approximate surface area is 466 Å². The average molecular weight is 1110 g/mol. The Morgan fingerprint density at radius 1 is 0.812 bits per heavy atom. The third-order valence-corrected chi connectivity index (χ3v) is 17.0. The predicted molar refractivity (Wildman–Crippen MR) is 303 cm³/mol. The summed E-state index contributed by atoms with van der Waals surface area (Å²) in [7, 11) is 1.89. The van der Waals surface area contributed by atoms with E-state index in [0.29, 0.717) is 48.2 Å². The van der Waals surface area contributed by atoms with E-state index in [1.807, 2.05) is 53.0 Å². The Bertz CT molecular complexity index is 3450. The number of carbonyl (C=O) groups excluding carboxylic acids is 4. The van der Waals surface area contributed by atoms with Gasteiger partial charge in [0, 0.05) is 74.9 Å². The summed E-state index contributed by atoms with van der Waals surface area (Å²) < 4.78 is 60.4. The van der Waals surface area contributed by atoms with Gasteiger partial charge in [-0.3, -0.25) is 34.6 Å². The van der Waals surface area contributed by atoms with Crippen LogP contribution in [0.5, 0.6) is 5.75 Å². The molecule has 0 spiro atoms. The Hall–Kier alpha value is -7.38. The minimum atomic E-state index is -4.79. The van der Waals surface area contributed by atoms with Crippen LogP contribution >= 0.6 is 11.3 Å². The first-order chi connectivity index (χ1) is 38.4. The highest BCUT2D eigenvalue weighted by atomic mass is 32.1. The molecule has 2 saturated heterocycles. The highest BCUT2D eigenvalue weighted by molar-refractivity contribution is 7.22. The summed E-state index contributed by atoms with van der Waals surface area (Å²) in [6.45, 7) is 10.6. The first kappa shape index (κ1) is 54.6. The van der Waals surface area contributed by atoms with Crippen LogP contribution in [0.1, 0.15) is 128 Å². The zero-order chi connectivity index (χ0) is 55.9. The monoisotopic (exact) mass is 1110 g/mol. The van der Waals surface area contributed by atoms with Gasteiger partial charge in [-0.2, -0.15) is 18.3 Å². The van der Waals surface area contributed by atoms with Crippen LogP contribution in [0.4, 0.5) is 29.8 Å². The molecule has 6 heterocycles. The van der Waals surface area contributed by atoms with E-state index in [2.05, 4.69) is 43.6 Å². The lowest BCUT2D eigenvalue weighted by Crippen LogP contribution is -2.46. The van der Waals surface area contributed by atoms with Crippen molar-refractivity contribution in [1.29, 1.82) is 0 Å². The number of carbonyl (C=O) groups is 4. The maximum absolute atomic E-state index is 15.2. The highest BCUT2D eigenvalue weighted by Crippen LogP contribution is 2.43. The molecule has 2 N–H and O–H groups in total. The number of fused-ring (bicyclic) bond motifs is 3. The number of halogens is 3. The van der Waals surface area contributed by atoms with Gasteiger partial charge in [0.2, 0.25) is 11.8 Å². The van der Waals surface area contributed by atoms with Crippen LogP contribution in [0.15, 0.2) is 91.0 Å². The number of nitrogens with zero attached hydrogens (tertiary/aromatic N) is 7. The molecule has 3 aliphatic heterocycles. The molecule has 0 radical (unpaired) electrons. The van der Waals surface area contributed by atoms with Crippen LogP contribution in [0, 0.1) is 5.92 Å². The van der Waals surface area contributed by atoms with Crippen molar-refractivity contribution in [2.45, 2.75) is 115 Å². The number of ether oxygens (including phenoxy) is 2. The van der Waals surface area contributed by atoms with Crippen LogP contribution in [0.25, 0.3) is 32.2 Å². The Morgan fingerprint density at radius 3 is 2.36 bits per heavy atom. The van der Waals surface area contributed by atoms with Gasteiger partial charge in [-0.25, -0.2) is 14.8 Å². The number of piperazine rings is 1. The number of pyridine rings is 1. The lowest BCUT2D eigenvalue weighted by Gasteiger charge is -2.36. The zero-order valence-corrected chi connectivity index (χ0v) is 46.4. The standard InChI is InChI=1S/C61H66F3N9O6S/c1-60(2,3)79-58(77)55-43(23-25-52(66-55)73-29-27-38-11-9-12-44(47(38)36-73)56(75)68-59-65-49-13-5-6-14-51(49)80-59)42-22-20-41(35-48(42)61(62,63)64)78-40-18-15-37(16-19-40)10-7-8-28-71-30-32-72(33-31-71)39-17-21-45-50(34-39)70(4)69-54(45)46-24-26-53(74)67-57(46)76/h5-6,9,11-14,17,20-23,25,34-35,37,40,46H,7-8,10,15-16,18-19,24,26-33,36H2,1-4H3,(H,65,68,75)(H,67,74,76). The number of alkyl halides is 3. The van der Waals surface area contributed by atoms with E-state index in [1.165, 1.54) is 23.5 Å². The summed E-state index contributed by atoms with van der Waals surface area (Å²) in [6.07, 6.45) is 3.05. The molecule has 15 nitrogen and oxygen atoms in total. The fourth-order valence-electron chi connectivity index (χ4n) is 11.9. The van der Waals surface area contributed by atoms with Gasteiger partial charge in [0.25, 0.3) is 5.91 Å². The van der Waals surface area contributed by atoms with E-state index in [-0.39, 0.29) is 52.9 Å². The molecule has 4 aromatic carbocycles. The number of thiazole rings is 1. The number of amides is 3. The molecule has 1 saturated carbocycles. The highest BCUT2D eigenvalue weighted by Gasteiger charge is 2.38. The fraction of sp³-hybridized carbons (Fsp3) is 0.426. The van der Waals surface area contributed by atoms with Crippen molar-refractivity contribution >= 4 is 72.8 Å². The number of aryl methyl sites for hydroxylation is 1. The lowest BCUT2D eigenvalue weighted by atomic mass is 9.84. The maximum atomic E-state index is 15.2. The largest absolute Gasteiger partial charge is 0.490 e. The topological polar surface area (TPSA) is 164 Å². The third-order valence-electron chi connectivity index (χ3n) is 16.0. The van der Waals surface area contributed by atoms with Gasteiger partial charge >= 0.3 is 12.1 Å². The summed E-state index contributed by atoms with van der Waals surface area (Å²) in [4.78, 5) is 68.3. The number of rotatable bonds is 14. The molecule has 3 fully saturated rings. The molecule has 19 heteroatoms. The van der Waals surface area contributed by atoms with Crippen molar-refractivity contribution in [3.05, 3.63) is 125 Å². The first-order valence-electron chi connectivity index (χ1n) is 27.8. The number of benzene rings is 4. The molecule has 3 aromatic heterocycles. The quantitative estimate of drug-likeness (QED) is 0.0603. The number of hydrogen-bond donors (Lipinski definition) is 2. The van der Waals surface area contributed by atoms with Crippen molar-refractivity contribution < 1.29 is 41.8 Å². The van der Waals surface area contributed by atoms with Crippen LogP contribution in [0.2, 0.25) is 0 Å². The molecule has 1 aliphatic carbocycles. The Morgan fingerprint density at radius 2 is 1.60 bits per heavy atom. The summed E-state index contributed by atoms with van der Waals surface area (Å²) in [6, 6.07) is 26.6. The molecule has 0 bridgehead atoms. The maximum Gasteiger partial charge on any atom is 0.417 e. The van der Waals surface area contributed by atoms with Crippen LogP contribution in [-0.2, 0) is 40.5 Å². The normalized spacial score (nSPS) is 19.3. The van der Waals surface area contributed by atoms with E-state index >= 15 is 13.2 Å². The van der Waals surface area contributed by atoms with E-state index < -0.39 is 29.2 Å². The lowest BCUT2D eigenvalue weighted by molar-refractivity contribution is -0.137. The van der Waals surface area contributed by atoms with Gasteiger partial charge in [-0.05, 0) is 156 Å². The molecule has 11 rings (SSSR count). The van der Waals surface area contributed by atoms with Gasteiger partial charge < -0.3 is 19.3 Å². The Balaban J connectivity index is 0.690. The summed E-state index contributed by atoms with van der Waals surface area (Å²) in [5, 5.41) is 11.5. The van der Waals surface area contributed by atoms with Crippen molar-refractivity contribution in [2.75, 3.05) is 54.4 Å². The van der Waals surface area contributed by atoms with Gasteiger partial charge in [0.05, 0.1) is 39.0 Å². The van der Waals surface area contributed by atoms with Gasteiger partial charge in [0.1, 0.15) is 17.2 Å². The smallest absolute Gasteiger partial charge is 0.417 e. The average Bonchev–Trinajstić information content (AvgIpc) is 4.00. The SMILES string of the molecule is Cn1nc(C2CCC(=O)NC2=O)c2ccc(N3CCN(CCCCC4CCC(Oc5ccc(-c6ccc(N7CCc8cccc(C(=O)Nc9nc%10ccccc%10s9)c8C7)nc6C(=O)OC(C)(C)C)c(C(F)(F)F)c5)CC4)CC3)cc21. The molecule has 7 aromatic rings. The number of esters is 1. The number of aromatic nitrogens is 4. The van der Waals surface area contributed by atoms with E-state index in [0.717, 1.165) is 127 Å². The first-order valence-corrected chi connectivity index (χ1v) is 28.7. The molecular weight excluding hydrogens is 1040 g/mol. The fourth-order valence-corrected chi connectivity index (χ4v) is 12.7. The third kappa shape index (κ3) is 12.0. The molecule has 3 amide bonds. The van der Waals surface area contributed by atoms with Crippen molar-refractivity contribution in [3.63, 3.8) is 0 Å². The van der Waals surface area contributed by atoms with Gasteiger partial charge in [0.15, 0.2) is 10.8 Å². The molecule has 4 aliphatic rings. The number of piperidine rings is 1. The predicted octanol–water partition coefficient (Wildman–Crippen LogP) is 11.5. The van der Waals surface area contributed by atoms with Crippen LogP contribution in [0.3, 0.4) is 0 Å².